The molecule has 2 aliphatic heterocycles. The quantitative estimate of drug-likeness (QED) is 0.308. The first-order valence-electron chi connectivity index (χ1n) is 12.4. The summed E-state index contributed by atoms with van der Waals surface area (Å²) in [6.07, 6.45) is 1.10. The van der Waals surface area contributed by atoms with Crippen LogP contribution >= 0.6 is 0 Å². The van der Waals surface area contributed by atoms with Crippen LogP contribution in [0.3, 0.4) is 0 Å². The van der Waals surface area contributed by atoms with Crippen LogP contribution in [0.4, 0.5) is 5.82 Å². The van der Waals surface area contributed by atoms with Gasteiger partial charge in [0, 0.05) is 6.20 Å². The van der Waals surface area contributed by atoms with E-state index in [4.69, 9.17) is 9.47 Å². The van der Waals surface area contributed by atoms with Gasteiger partial charge < -0.3 is 24.8 Å². The molecule has 0 unspecified atom stereocenters. The highest BCUT2D eigenvalue weighted by Crippen LogP contribution is 2.47. The fourth-order valence-corrected chi connectivity index (χ4v) is 4.62. The molecule has 2 amide bonds. The molecule has 0 bridgehead atoms. The van der Waals surface area contributed by atoms with Crippen LogP contribution in [0.1, 0.15) is 45.2 Å². The largest absolute Gasteiger partial charge is 0.427 e. The van der Waals surface area contributed by atoms with Crippen molar-refractivity contribution in [3.05, 3.63) is 65.5 Å². The SMILES string of the molecule is C[C@@H](O)[C@H]1C(=O)N2C(C(=O)OCOC(=O)C(C)(C)C)=C(c3cccc(CC(=O)Nc4ccccn4)c3)C[C@H]12. The van der Waals surface area contributed by atoms with Crippen LogP contribution in [0.15, 0.2) is 54.4 Å². The Labute approximate surface area is 220 Å². The second-order valence-electron chi connectivity index (χ2n) is 10.4. The molecule has 200 valence electrons. The highest BCUT2D eigenvalue weighted by molar-refractivity contribution is 6.07. The molecule has 1 saturated heterocycles. The lowest BCUT2D eigenvalue weighted by Gasteiger charge is -2.44. The number of fused-ring (bicyclic) bond motifs is 1. The van der Waals surface area contributed by atoms with Crippen LogP contribution in [0, 0.1) is 11.3 Å². The van der Waals surface area contributed by atoms with Gasteiger partial charge in [-0.25, -0.2) is 9.78 Å². The number of β-lactam (4-membered cyclic amide) rings is 1. The van der Waals surface area contributed by atoms with Gasteiger partial charge in [-0.15, -0.1) is 0 Å². The Kier molecular flexibility index (Phi) is 7.63. The van der Waals surface area contributed by atoms with Gasteiger partial charge in [-0.1, -0.05) is 30.3 Å². The summed E-state index contributed by atoms with van der Waals surface area (Å²) in [5.41, 5.74) is 1.20. The standard InChI is InChI=1S/C28H31N3O7/c1-16(32)23-20-14-19(24(31(20)25(23)34)26(35)37-15-38-27(36)28(2,3)4)18-9-7-8-17(12-18)13-22(33)30-21-10-5-6-11-29-21/h5-12,16,20,23,32H,13-15H2,1-4H3,(H,29,30,33)/t16-,20-,23-/m1/s1. The van der Waals surface area contributed by atoms with Gasteiger partial charge in [0.2, 0.25) is 18.6 Å². The maximum Gasteiger partial charge on any atom is 0.358 e. The number of nitrogens with zero attached hydrogens (tertiary/aromatic N) is 2. The van der Waals surface area contributed by atoms with Crippen LogP contribution in [0.25, 0.3) is 5.57 Å². The zero-order valence-electron chi connectivity index (χ0n) is 21.8. The second-order valence-corrected chi connectivity index (χ2v) is 10.4. The normalized spacial score (nSPS) is 19.4. The van der Waals surface area contributed by atoms with Gasteiger partial charge in [0.15, 0.2) is 0 Å². The first kappa shape index (κ1) is 27.0. The number of carbonyl (C=O) groups excluding carboxylic acids is 4. The molecule has 10 nitrogen and oxygen atoms in total. The maximum atomic E-state index is 13.1. The highest BCUT2D eigenvalue weighted by atomic mass is 16.7. The molecule has 1 aromatic carbocycles. The molecule has 0 saturated carbocycles. The van der Waals surface area contributed by atoms with Crippen molar-refractivity contribution in [2.75, 3.05) is 12.1 Å². The fourth-order valence-electron chi connectivity index (χ4n) is 4.62. The second kappa shape index (κ2) is 10.7. The number of ether oxygens (including phenoxy) is 2. The third kappa shape index (κ3) is 5.60. The first-order chi connectivity index (χ1) is 18.0. The van der Waals surface area contributed by atoms with Crippen molar-refractivity contribution in [1.29, 1.82) is 0 Å². The summed E-state index contributed by atoms with van der Waals surface area (Å²) in [7, 11) is 0. The Hall–Kier alpha value is -4.05. The lowest BCUT2D eigenvalue weighted by atomic mass is 9.82. The van der Waals surface area contributed by atoms with Crippen molar-refractivity contribution in [2.24, 2.45) is 11.3 Å². The van der Waals surface area contributed by atoms with Gasteiger partial charge in [0.05, 0.1) is 29.9 Å². The van der Waals surface area contributed by atoms with E-state index in [9.17, 15) is 24.3 Å². The number of pyridine rings is 1. The van der Waals surface area contributed by atoms with Crippen molar-refractivity contribution in [2.45, 2.75) is 52.7 Å². The number of aliphatic hydroxyl groups excluding tert-OH is 1. The lowest BCUT2D eigenvalue weighted by Crippen LogP contribution is -2.61. The summed E-state index contributed by atoms with van der Waals surface area (Å²) in [6, 6.07) is 11.9. The summed E-state index contributed by atoms with van der Waals surface area (Å²) in [6.45, 7) is 5.99. The molecule has 10 heteroatoms. The number of rotatable bonds is 8. The van der Waals surface area contributed by atoms with Crippen LogP contribution in [-0.2, 0) is 35.1 Å². The minimum atomic E-state index is -0.880. The molecular formula is C28H31N3O7. The molecule has 38 heavy (non-hydrogen) atoms. The van der Waals surface area contributed by atoms with E-state index in [1.807, 2.05) is 0 Å². The number of hydrogen-bond acceptors (Lipinski definition) is 8. The minimum absolute atomic E-state index is 0.0544. The molecule has 1 aromatic heterocycles. The molecule has 3 atom stereocenters. The average molecular weight is 522 g/mol. The summed E-state index contributed by atoms with van der Waals surface area (Å²) in [5, 5.41) is 12.9. The van der Waals surface area contributed by atoms with Crippen LogP contribution in [0.2, 0.25) is 0 Å². The number of benzene rings is 1. The molecule has 3 heterocycles. The first-order valence-corrected chi connectivity index (χ1v) is 12.4. The van der Waals surface area contributed by atoms with Gasteiger partial charge in [0.1, 0.15) is 11.5 Å². The van der Waals surface area contributed by atoms with Crippen LogP contribution in [0.5, 0.6) is 0 Å². The maximum absolute atomic E-state index is 13.1. The molecule has 4 rings (SSSR count). The van der Waals surface area contributed by atoms with E-state index in [0.717, 1.165) is 0 Å². The zero-order chi connectivity index (χ0) is 27.6. The van der Waals surface area contributed by atoms with Gasteiger partial charge in [0.25, 0.3) is 0 Å². The molecule has 2 N–H and O–H groups in total. The minimum Gasteiger partial charge on any atom is -0.427 e. The molecule has 2 aliphatic rings. The van der Waals surface area contributed by atoms with Crippen molar-refractivity contribution in [3.63, 3.8) is 0 Å². The van der Waals surface area contributed by atoms with Gasteiger partial charge in [-0.2, -0.15) is 0 Å². The van der Waals surface area contributed by atoms with E-state index in [2.05, 4.69) is 10.3 Å². The Morgan fingerprint density at radius 3 is 2.58 bits per heavy atom. The molecule has 1 fully saturated rings. The smallest absolute Gasteiger partial charge is 0.358 e. The molecule has 0 spiro atoms. The number of aliphatic hydroxyl groups is 1. The molecule has 2 aromatic rings. The predicted molar refractivity (Wildman–Crippen MR) is 137 cm³/mol. The number of nitrogens with one attached hydrogen (secondary N) is 1. The van der Waals surface area contributed by atoms with Crippen molar-refractivity contribution in [1.82, 2.24) is 9.88 Å². The number of carbonyl (C=O) groups is 4. The number of amides is 2. The predicted octanol–water partition coefficient (Wildman–Crippen LogP) is 2.68. The third-order valence-corrected chi connectivity index (χ3v) is 6.49. The highest BCUT2D eigenvalue weighted by Gasteiger charge is 2.57. The van der Waals surface area contributed by atoms with E-state index in [-0.39, 0.29) is 23.9 Å². The van der Waals surface area contributed by atoms with E-state index in [0.29, 0.717) is 28.9 Å². The van der Waals surface area contributed by atoms with Crippen molar-refractivity contribution in [3.8, 4) is 0 Å². The Bertz CT molecular complexity index is 1280. The topological polar surface area (TPSA) is 135 Å². The Morgan fingerprint density at radius 2 is 1.92 bits per heavy atom. The van der Waals surface area contributed by atoms with Gasteiger partial charge >= 0.3 is 11.9 Å². The summed E-state index contributed by atoms with van der Waals surface area (Å²) in [4.78, 5) is 56.0. The third-order valence-electron chi connectivity index (χ3n) is 6.49. The summed E-state index contributed by atoms with van der Waals surface area (Å²) in [5.74, 6) is -2.16. The van der Waals surface area contributed by atoms with Gasteiger partial charge in [-0.05, 0) is 62.9 Å². The van der Waals surface area contributed by atoms with E-state index < -0.39 is 42.2 Å². The average Bonchev–Trinajstić information content (AvgIpc) is 3.19. The van der Waals surface area contributed by atoms with E-state index in [1.165, 1.54) is 4.90 Å². The molecule has 0 radical (unpaired) electrons. The van der Waals surface area contributed by atoms with E-state index >= 15 is 0 Å². The zero-order valence-corrected chi connectivity index (χ0v) is 21.8. The van der Waals surface area contributed by atoms with Crippen molar-refractivity contribution >= 4 is 35.1 Å². The van der Waals surface area contributed by atoms with Crippen molar-refractivity contribution < 1.29 is 33.8 Å². The molecular weight excluding hydrogens is 490 g/mol. The van der Waals surface area contributed by atoms with E-state index in [1.54, 1.807) is 76.4 Å². The monoisotopic (exact) mass is 521 g/mol. The summed E-state index contributed by atoms with van der Waals surface area (Å²) < 4.78 is 10.3. The fraction of sp³-hybridized carbons (Fsp3) is 0.393. The van der Waals surface area contributed by atoms with Gasteiger partial charge in [-0.3, -0.25) is 14.4 Å². The number of hydrogen-bond donors (Lipinski definition) is 2. The Morgan fingerprint density at radius 1 is 1.16 bits per heavy atom. The molecule has 0 aliphatic carbocycles. The number of anilines is 1. The lowest BCUT2D eigenvalue weighted by molar-refractivity contribution is -0.175. The Balaban J connectivity index is 1.56. The number of esters is 2. The number of aromatic nitrogens is 1. The van der Waals surface area contributed by atoms with Crippen LogP contribution in [-0.4, -0.2) is 57.7 Å². The van der Waals surface area contributed by atoms with Crippen LogP contribution < -0.4 is 5.32 Å². The summed E-state index contributed by atoms with van der Waals surface area (Å²) >= 11 is 0.